The van der Waals surface area contributed by atoms with Crippen molar-refractivity contribution in [3.8, 4) is 0 Å². The predicted octanol–water partition coefficient (Wildman–Crippen LogP) is 3.27. The van der Waals surface area contributed by atoms with E-state index >= 15 is 0 Å². The highest BCUT2D eigenvalue weighted by molar-refractivity contribution is 7.89. The van der Waals surface area contributed by atoms with Gasteiger partial charge in [-0.3, -0.25) is 4.98 Å². The number of benzene rings is 1. The molecule has 120 valence electrons. The number of nitrogens with zero attached hydrogens (tertiary/aromatic N) is 1. The summed E-state index contributed by atoms with van der Waals surface area (Å²) >= 11 is 0. The molecule has 0 spiro atoms. The first-order valence-corrected chi connectivity index (χ1v) is 8.88. The first-order chi connectivity index (χ1) is 10.9. The summed E-state index contributed by atoms with van der Waals surface area (Å²) in [5.74, 6) is -0.819. The average molecular weight is 332 g/mol. The van der Waals surface area contributed by atoms with E-state index in [0.717, 1.165) is 41.7 Å². The van der Waals surface area contributed by atoms with Crippen LogP contribution >= 0.6 is 0 Å². The van der Waals surface area contributed by atoms with Crippen LogP contribution in [0.3, 0.4) is 0 Å². The maximum absolute atomic E-state index is 14.1. The number of nitrogens with two attached hydrogens (primary N) is 1. The fourth-order valence-corrected chi connectivity index (χ4v) is 3.55. The summed E-state index contributed by atoms with van der Waals surface area (Å²) in [5.41, 5.74) is 4.81. The number of hydrogen-bond acceptors (Lipinski definition) is 3. The molecule has 4 nitrogen and oxygen atoms in total. The Labute approximate surface area is 134 Å². The second kappa shape index (κ2) is 5.86. The molecule has 2 aromatic rings. The van der Waals surface area contributed by atoms with Crippen LogP contribution in [0, 0.1) is 12.7 Å². The van der Waals surface area contributed by atoms with E-state index < -0.39 is 20.7 Å². The van der Waals surface area contributed by atoms with Crippen LogP contribution in [0.5, 0.6) is 0 Å². The third kappa shape index (κ3) is 3.18. The van der Waals surface area contributed by atoms with Crippen molar-refractivity contribution in [2.45, 2.75) is 31.1 Å². The number of hydrogen-bond donors (Lipinski definition) is 1. The van der Waals surface area contributed by atoms with Crippen LogP contribution in [0.25, 0.3) is 11.1 Å². The van der Waals surface area contributed by atoms with Gasteiger partial charge in [0.25, 0.3) is 0 Å². The van der Waals surface area contributed by atoms with Gasteiger partial charge in [-0.1, -0.05) is 6.07 Å². The lowest BCUT2D eigenvalue weighted by atomic mass is 9.99. The first kappa shape index (κ1) is 15.8. The molecular formula is C17H17FN2O2S. The Kier molecular flexibility index (Phi) is 4.04. The maximum atomic E-state index is 14.1. The first-order valence-electron chi connectivity index (χ1n) is 7.34. The Balaban J connectivity index is 2.10. The van der Waals surface area contributed by atoms with Crippen molar-refractivity contribution >= 4 is 21.2 Å². The van der Waals surface area contributed by atoms with Gasteiger partial charge in [0.2, 0.25) is 10.0 Å². The molecule has 0 saturated carbocycles. The summed E-state index contributed by atoms with van der Waals surface area (Å²) in [5, 5.41) is 5.01. The van der Waals surface area contributed by atoms with Gasteiger partial charge < -0.3 is 0 Å². The number of primary sulfonamides is 1. The molecule has 1 aromatic heterocycles. The van der Waals surface area contributed by atoms with Crippen molar-refractivity contribution in [2.24, 2.45) is 5.14 Å². The van der Waals surface area contributed by atoms with Gasteiger partial charge in [0.1, 0.15) is 10.7 Å². The molecule has 6 heteroatoms. The summed E-state index contributed by atoms with van der Waals surface area (Å²) < 4.78 is 36.7. The highest BCUT2D eigenvalue weighted by atomic mass is 32.2. The molecule has 0 aliphatic heterocycles. The third-order valence-corrected chi connectivity index (χ3v) is 4.97. The zero-order chi connectivity index (χ0) is 16.6. The maximum Gasteiger partial charge on any atom is 0.240 e. The molecule has 2 N–H and O–H groups in total. The molecule has 0 unspecified atom stereocenters. The number of aryl methyl sites for hydroxylation is 1. The van der Waals surface area contributed by atoms with E-state index in [1.165, 1.54) is 12.1 Å². The minimum Gasteiger partial charge on any atom is -0.257 e. The molecular weight excluding hydrogens is 315 g/mol. The van der Waals surface area contributed by atoms with Gasteiger partial charge in [0, 0.05) is 6.20 Å². The summed E-state index contributed by atoms with van der Waals surface area (Å²) in [4.78, 5) is 3.93. The standard InChI is InChI=1S/C17H17FN2O2S/c1-11-7-8-20-16(9-11)14-4-2-3-13(14)12-5-6-17(15(18)10-12)23(19,21)22/h5-10H,2-4H2,1H3,(H2,19,21,22). The molecule has 0 fully saturated rings. The number of sulfonamides is 1. The van der Waals surface area contributed by atoms with Crippen molar-refractivity contribution in [1.29, 1.82) is 0 Å². The topological polar surface area (TPSA) is 73.0 Å². The molecule has 0 radical (unpaired) electrons. The van der Waals surface area contributed by atoms with Crippen LogP contribution in [-0.2, 0) is 10.0 Å². The van der Waals surface area contributed by atoms with Crippen LogP contribution in [0.15, 0.2) is 41.4 Å². The lowest BCUT2D eigenvalue weighted by Gasteiger charge is -2.10. The fourth-order valence-electron chi connectivity index (χ4n) is 2.97. The van der Waals surface area contributed by atoms with Gasteiger partial charge in [-0.15, -0.1) is 0 Å². The Morgan fingerprint density at radius 2 is 1.87 bits per heavy atom. The zero-order valence-corrected chi connectivity index (χ0v) is 13.5. The molecule has 0 atom stereocenters. The molecule has 0 bridgehead atoms. The molecule has 0 amide bonds. The Bertz CT molecular complexity index is 905. The lowest BCUT2D eigenvalue weighted by Crippen LogP contribution is -2.14. The normalized spacial score (nSPS) is 15.3. The van der Waals surface area contributed by atoms with Crippen LogP contribution in [0.4, 0.5) is 4.39 Å². The summed E-state index contributed by atoms with van der Waals surface area (Å²) in [6, 6.07) is 8.02. The lowest BCUT2D eigenvalue weighted by molar-refractivity contribution is 0.568. The molecule has 1 heterocycles. The number of aromatic nitrogens is 1. The molecule has 0 saturated heterocycles. The van der Waals surface area contributed by atoms with Gasteiger partial charge in [-0.2, -0.15) is 0 Å². The Hall–Kier alpha value is -2.05. The average Bonchev–Trinajstić information content (AvgIpc) is 2.95. The molecule has 23 heavy (non-hydrogen) atoms. The zero-order valence-electron chi connectivity index (χ0n) is 12.7. The van der Waals surface area contributed by atoms with Crippen LogP contribution in [-0.4, -0.2) is 13.4 Å². The minimum atomic E-state index is -4.05. The molecule has 1 aromatic carbocycles. The number of rotatable bonds is 3. The smallest absolute Gasteiger partial charge is 0.240 e. The second-order valence-corrected chi connectivity index (χ2v) is 7.25. The highest BCUT2D eigenvalue weighted by Crippen LogP contribution is 2.39. The summed E-state index contributed by atoms with van der Waals surface area (Å²) in [6.07, 6.45) is 4.43. The molecule has 1 aliphatic rings. The number of halogens is 1. The summed E-state index contributed by atoms with van der Waals surface area (Å²) in [6.45, 7) is 2.00. The van der Waals surface area contributed by atoms with Crippen molar-refractivity contribution < 1.29 is 12.8 Å². The van der Waals surface area contributed by atoms with Crippen LogP contribution in [0.2, 0.25) is 0 Å². The highest BCUT2D eigenvalue weighted by Gasteiger charge is 2.21. The summed E-state index contributed by atoms with van der Waals surface area (Å²) in [7, 11) is -4.05. The van der Waals surface area contributed by atoms with Crippen molar-refractivity contribution in [2.75, 3.05) is 0 Å². The number of allylic oxidation sites excluding steroid dienone is 2. The minimum absolute atomic E-state index is 0.477. The predicted molar refractivity (Wildman–Crippen MR) is 87.4 cm³/mol. The molecule has 3 rings (SSSR count). The van der Waals surface area contributed by atoms with E-state index in [1.54, 1.807) is 12.3 Å². The van der Waals surface area contributed by atoms with Gasteiger partial charge in [0.05, 0.1) is 5.69 Å². The van der Waals surface area contributed by atoms with Gasteiger partial charge in [-0.25, -0.2) is 17.9 Å². The Morgan fingerprint density at radius 3 is 2.52 bits per heavy atom. The van der Waals surface area contributed by atoms with Crippen molar-refractivity contribution in [3.63, 3.8) is 0 Å². The van der Waals surface area contributed by atoms with Gasteiger partial charge in [0.15, 0.2) is 0 Å². The van der Waals surface area contributed by atoms with Crippen molar-refractivity contribution in [1.82, 2.24) is 4.98 Å². The van der Waals surface area contributed by atoms with Crippen LogP contribution < -0.4 is 5.14 Å². The van der Waals surface area contributed by atoms with E-state index in [2.05, 4.69) is 4.98 Å². The SMILES string of the molecule is Cc1ccnc(C2=C(c3ccc(S(N)(=O)=O)c(F)c3)CCC2)c1. The Morgan fingerprint density at radius 1 is 1.13 bits per heavy atom. The fraction of sp³-hybridized carbons (Fsp3) is 0.235. The monoisotopic (exact) mass is 332 g/mol. The quantitative estimate of drug-likeness (QED) is 0.937. The van der Waals surface area contributed by atoms with Gasteiger partial charge >= 0.3 is 0 Å². The number of pyridine rings is 1. The second-order valence-electron chi connectivity index (χ2n) is 5.72. The van der Waals surface area contributed by atoms with Gasteiger partial charge in [-0.05, 0) is 72.7 Å². The van der Waals surface area contributed by atoms with Crippen molar-refractivity contribution in [3.05, 3.63) is 59.2 Å². The van der Waals surface area contributed by atoms with E-state index in [0.29, 0.717) is 5.56 Å². The van der Waals surface area contributed by atoms with E-state index in [4.69, 9.17) is 5.14 Å². The van der Waals surface area contributed by atoms with E-state index in [9.17, 15) is 12.8 Å². The molecule has 1 aliphatic carbocycles. The van der Waals surface area contributed by atoms with E-state index in [1.807, 2.05) is 19.1 Å². The van der Waals surface area contributed by atoms with Crippen LogP contribution in [0.1, 0.15) is 36.1 Å². The van der Waals surface area contributed by atoms with E-state index in [-0.39, 0.29) is 0 Å². The third-order valence-electron chi connectivity index (χ3n) is 4.03. The largest absolute Gasteiger partial charge is 0.257 e.